The van der Waals surface area contributed by atoms with E-state index in [1.165, 1.54) is 0 Å². The van der Waals surface area contributed by atoms with Gasteiger partial charge in [-0.15, -0.1) is 0 Å². The molecule has 2 rings (SSSR count). The minimum atomic E-state index is -0.304. The van der Waals surface area contributed by atoms with Crippen molar-refractivity contribution < 1.29 is 9.63 Å². The molecule has 0 aliphatic rings. The number of benzene rings is 2. The van der Waals surface area contributed by atoms with Gasteiger partial charge in [-0.05, 0) is 44.0 Å². The van der Waals surface area contributed by atoms with Crippen molar-refractivity contribution in [2.75, 3.05) is 25.6 Å². The molecule has 0 bridgehead atoms. The number of carbonyl (C=O) groups excluding carboxylic acids is 1. The number of oxime groups is 1. The maximum Gasteiger partial charge on any atom is 0.264 e. The van der Waals surface area contributed by atoms with E-state index >= 15 is 0 Å². The Labute approximate surface area is 162 Å². The van der Waals surface area contributed by atoms with E-state index in [0.717, 1.165) is 16.8 Å². The van der Waals surface area contributed by atoms with Gasteiger partial charge in [0.2, 0.25) is 0 Å². The number of hydrogen-bond acceptors (Lipinski definition) is 4. The minimum absolute atomic E-state index is 0.0869. The molecule has 0 aliphatic carbocycles. The van der Waals surface area contributed by atoms with Crippen LogP contribution in [0.1, 0.15) is 31.9 Å². The number of rotatable bonds is 7. The Morgan fingerprint density at radius 1 is 1.04 bits per heavy atom. The summed E-state index contributed by atoms with van der Waals surface area (Å²) in [5, 5.41) is 3.94. The second kappa shape index (κ2) is 9.21. The van der Waals surface area contributed by atoms with Gasteiger partial charge in [0.25, 0.3) is 5.91 Å². The van der Waals surface area contributed by atoms with E-state index in [-0.39, 0.29) is 18.1 Å². The highest BCUT2D eigenvalue weighted by molar-refractivity contribution is 5.80. The third-order valence-electron chi connectivity index (χ3n) is 4.17. The van der Waals surface area contributed by atoms with E-state index in [1.54, 1.807) is 6.21 Å². The lowest BCUT2D eigenvalue weighted by atomic mass is 10.0. The Morgan fingerprint density at radius 3 is 2.22 bits per heavy atom. The monoisotopic (exact) mass is 367 g/mol. The zero-order chi connectivity index (χ0) is 19.9. The quantitative estimate of drug-likeness (QED) is 0.550. The highest BCUT2D eigenvalue weighted by atomic mass is 16.6. The van der Waals surface area contributed by atoms with Crippen molar-refractivity contribution in [3.63, 3.8) is 0 Å². The zero-order valence-corrected chi connectivity index (χ0v) is 16.8. The summed E-state index contributed by atoms with van der Waals surface area (Å²) in [6, 6.07) is 17.9. The smallest absolute Gasteiger partial charge is 0.264 e. The van der Waals surface area contributed by atoms with Crippen molar-refractivity contribution >= 4 is 17.8 Å². The van der Waals surface area contributed by atoms with Gasteiger partial charge in [-0.1, -0.05) is 47.6 Å². The van der Waals surface area contributed by atoms with Crippen molar-refractivity contribution in [3.05, 3.63) is 65.7 Å². The summed E-state index contributed by atoms with van der Waals surface area (Å²) in [5.41, 5.74) is 2.82. The molecule has 27 heavy (non-hydrogen) atoms. The van der Waals surface area contributed by atoms with Crippen LogP contribution in [0.25, 0.3) is 0 Å². The fourth-order valence-corrected chi connectivity index (χ4v) is 2.59. The Bertz CT molecular complexity index is 747. The first-order valence-electron chi connectivity index (χ1n) is 9.04. The molecule has 0 saturated heterocycles. The molecule has 5 nitrogen and oxygen atoms in total. The largest absolute Gasteiger partial charge is 0.386 e. The van der Waals surface area contributed by atoms with Gasteiger partial charge in [0.15, 0.2) is 6.61 Å². The van der Waals surface area contributed by atoms with Crippen LogP contribution in [0.2, 0.25) is 0 Å². The third-order valence-corrected chi connectivity index (χ3v) is 4.17. The molecule has 0 N–H and O–H groups in total. The summed E-state index contributed by atoms with van der Waals surface area (Å²) in [6.07, 6.45) is 1.62. The molecule has 0 aromatic heterocycles. The maximum atomic E-state index is 12.6. The molecule has 0 radical (unpaired) electrons. The predicted molar refractivity (Wildman–Crippen MR) is 111 cm³/mol. The van der Waals surface area contributed by atoms with Crippen LogP contribution in [-0.4, -0.2) is 43.3 Å². The lowest BCUT2D eigenvalue weighted by Crippen LogP contribution is -2.46. The van der Waals surface area contributed by atoms with E-state index in [4.69, 9.17) is 4.84 Å². The summed E-state index contributed by atoms with van der Waals surface area (Å²) in [5.74, 6) is -0.0912. The zero-order valence-electron chi connectivity index (χ0n) is 16.8. The lowest BCUT2D eigenvalue weighted by Gasteiger charge is -2.35. The number of nitrogens with zero attached hydrogens (tertiary/aromatic N) is 3. The number of anilines is 1. The van der Waals surface area contributed by atoms with E-state index in [2.05, 4.69) is 5.16 Å². The molecule has 0 unspecified atom stereocenters. The first kappa shape index (κ1) is 20.5. The van der Waals surface area contributed by atoms with E-state index < -0.39 is 0 Å². The molecule has 0 atom stereocenters. The first-order chi connectivity index (χ1) is 12.8. The molecule has 0 fully saturated rings. The van der Waals surface area contributed by atoms with Gasteiger partial charge in [-0.2, -0.15) is 0 Å². The highest BCUT2D eigenvalue weighted by Gasteiger charge is 2.26. The van der Waals surface area contributed by atoms with E-state index in [0.29, 0.717) is 6.54 Å². The van der Waals surface area contributed by atoms with Crippen LogP contribution in [0.5, 0.6) is 0 Å². The van der Waals surface area contributed by atoms with Crippen LogP contribution in [0.3, 0.4) is 0 Å². The van der Waals surface area contributed by atoms with Gasteiger partial charge >= 0.3 is 0 Å². The van der Waals surface area contributed by atoms with Crippen LogP contribution in [0, 0.1) is 0 Å². The van der Waals surface area contributed by atoms with Gasteiger partial charge < -0.3 is 14.6 Å². The Kier molecular flexibility index (Phi) is 6.99. The molecule has 0 spiro atoms. The van der Waals surface area contributed by atoms with Crippen LogP contribution < -0.4 is 4.90 Å². The number of amides is 1. The Hall–Kier alpha value is -2.82. The summed E-state index contributed by atoms with van der Waals surface area (Å²) in [6.45, 7) is 6.51. The molecule has 1 amide bonds. The van der Waals surface area contributed by atoms with Crippen molar-refractivity contribution in [2.45, 2.75) is 32.9 Å². The topological polar surface area (TPSA) is 45.1 Å². The highest BCUT2D eigenvalue weighted by Crippen LogP contribution is 2.18. The molecule has 5 heteroatoms. The summed E-state index contributed by atoms with van der Waals surface area (Å²) >= 11 is 0. The van der Waals surface area contributed by atoms with Crippen molar-refractivity contribution in [1.82, 2.24) is 4.90 Å². The van der Waals surface area contributed by atoms with Crippen LogP contribution >= 0.6 is 0 Å². The first-order valence-corrected chi connectivity index (χ1v) is 9.04. The number of hydrogen-bond donors (Lipinski definition) is 0. The minimum Gasteiger partial charge on any atom is -0.386 e. The molecule has 0 saturated carbocycles. The van der Waals surface area contributed by atoms with E-state index in [1.807, 2.05) is 99.3 Å². The van der Waals surface area contributed by atoms with Gasteiger partial charge in [0.1, 0.15) is 0 Å². The normalized spacial score (nSPS) is 11.4. The molecule has 144 valence electrons. The molecular formula is C22H29N3O2. The SMILES string of the molecule is CN(C)c1ccc(/C=N/OCC(=O)N(Cc2ccccc2)C(C)(C)C)cc1. The van der Waals surface area contributed by atoms with Crippen LogP contribution in [0.4, 0.5) is 5.69 Å². The predicted octanol–water partition coefficient (Wildman–Crippen LogP) is 3.93. The Morgan fingerprint density at radius 2 is 1.67 bits per heavy atom. The average molecular weight is 367 g/mol. The summed E-state index contributed by atoms with van der Waals surface area (Å²) < 4.78 is 0. The fourth-order valence-electron chi connectivity index (χ4n) is 2.59. The van der Waals surface area contributed by atoms with Gasteiger partial charge in [0, 0.05) is 31.9 Å². The van der Waals surface area contributed by atoms with Gasteiger partial charge in [-0.25, -0.2) is 0 Å². The van der Waals surface area contributed by atoms with Crippen molar-refractivity contribution in [2.24, 2.45) is 5.16 Å². The number of carbonyl (C=O) groups is 1. The van der Waals surface area contributed by atoms with Crippen LogP contribution in [-0.2, 0) is 16.2 Å². The van der Waals surface area contributed by atoms with E-state index in [9.17, 15) is 4.79 Å². The third kappa shape index (κ3) is 6.44. The van der Waals surface area contributed by atoms with Crippen molar-refractivity contribution in [3.8, 4) is 0 Å². The second-order valence-corrected chi connectivity index (χ2v) is 7.63. The van der Waals surface area contributed by atoms with Crippen LogP contribution in [0.15, 0.2) is 59.8 Å². The second-order valence-electron chi connectivity index (χ2n) is 7.63. The lowest BCUT2D eigenvalue weighted by molar-refractivity contribution is -0.141. The molecule has 0 heterocycles. The molecule has 2 aromatic carbocycles. The molecule has 2 aromatic rings. The maximum absolute atomic E-state index is 12.6. The van der Waals surface area contributed by atoms with Gasteiger partial charge in [-0.3, -0.25) is 4.79 Å². The standard InChI is InChI=1S/C22H29N3O2/c1-22(2,3)25(16-19-9-7-6-8-10-19)21(26)17-27-23-15-18-11-13-20(14-12-18)24(4)5/h6-15H,16-17H2,1-5H3/b23-15+. The summed E-state index contributed by atoms with van der Waals surface area (Å²) in [7, 11) is 3.99. The Balaban J connectivity index is 1.93. The summed E-state index contributed by atoms with van der Waals surface area (Å²) in [4.78, 5) is 21.7. The van der Waals surface area contributed by atoms with Gasteiger partial charge in [0.05, 0.1) is 6.21 Å². The van der Waals surface area contributed by atoms with Crippen molar-refractivity contribution in [1.29, 1.82) is 0 Å². The molecule has 0 aliphatic heterocycles. The average Bonchev–Trinajstić information content (AvgIpc) is 2.63. The fraction of sp³-hybridized carbons (Fsp3) is 0.364. The molecular weight excluding hydrogens is 338 g/mol.